The van der Waals surface area contributed by atoms with Crippen molar-refractivity contribution in [1.29, 1.82) is 0 Å². The van der Waals surface area contributed by atoms with Gasteiger partial charge in [0.15, 0.2) is 0 Å². The maximum absolute atomic E-state index is 11.7. The Morgan fingerprint density at radius 1 is 1.57 bits per heavy atom. The second-order valence-electron chi connectivity index (χ2n) is 2.96. The van der Waals surface area contributed by atoms with Crippen LogP contribution in [0.4, 0.5) is 0 Å². The summed E-state index contributed by atoms with van der Waals surface area (Å²) in [4.78, 5) is 15.9. The monoisotopic (exact) mass is 210 g/mol. The fourth-order valence-electron chi connectivity index (χ4n) is 1.28. The van der Waals surface area contributed by atoms with Crippen molar-refractivity contribution in [2.45, 2.75) is 13.0 Å². The van der Waals surface area contributed by atoms with Crippen LogP contribution in [0.2, 0.25) is 0 Å². The van der Waals surface area contributed by atoms with E-state index in [-0.39, 0.29) is 12.2 Å². The molecule has 0 bridgehead atoms. The van der Waals surface area contributed by atoms with Crippen LogP contribution in [0, 0.1) is 0 Å². The summed E-state index contributed by atoms with van der Waals surface area (Å²) in [7, 11) is 0. The number of aromatic nitrogens is 2. The number of nitrogens with zero attached hydrogens (tertiary/aromatic N) is 2. The molecular formula is C9H10N2O2S. The molecule has 2 aromatic rings. The van der Waals surface area contributed by atoms with E-state index < -0.39 is 0 Å². The second kappa shape index (κ2) is 3.89. The van der Waals surface area contributed by atoms with Gasteiger partial charge in [0.05, 0.1) is 11.8 Å². The smallest absolute Gasteiger partial charge is 0.271 e. The van der Waals surface area contributed by atoms with Crippen molar-refractivity contribution in [3.05, 3.63) is 28.1 Å². The first-order chi connectivity index (χ1) is 6.83. The number of fused-ring (bicyclic) bond motifs is 1. The number of rotatable bonds is 3. The van der Waals surface area contributed by atoms with Crippen molar-refractivity contribution in [3.63, 3.8) is 0 Å². The van der Waals surface area contributed by atoms with E-state index in [0.29, 0.717) is 17.7 Å². The van der Waals surface area contributed by atoms with Crippen molar-refractivity contribution in [2.24, 2.45) is 0 Å². The largest absolute Gasteiger partial charge is 0.396 e. The zero-order valence-corrected chi connectivity index (χ0v) is 8.33. The fourth-order valence-corrected chi connectivity index (χ4v) is 2.07. The van der Waals surface area contributed by atoms with E-state index in [1.165, 1.54) is 22.2 Å². The summed E-state index contributed by atoms with van der Waals surface area (Å²) in [5.74, 6) is 0. The Morgan fingerprint density at radius 3 is 3.21 bits per heavy atom. The van der Waals surface area contributed by atoms with Gasteiger partial charge in [0.1, 0.15) is 4.70 Å². The van der Waals surface area contributed by atoms with E-state index >= 15 is 0 Å². The Labute approximate surface area is 84.5 Å². The SMILES string of the molecule is O=c1c2sccc2ncn1CCCO. The summed E-state index contributed by atoms with van der Waals surface area (Å²) < 4.78 is 2.22. The van der Waals surface area contributed by atoms with Crippen molar-refractivity contribution in [3.8, 4) is 0 Å². The molecule has 2 rings (SSSR count). The molecule has 0 saturated carbocycles. The Balaban J connectivity index is 2.46. The van der Waals surface area contributed by atoms with Crippen molar-refractivity contribution in [2.75, 3.05) is 6.61 Å². The van der Waals surface area contributed by atoms with Crippen LogP contribution < -0.4 is 5.56 Å². The molecule has 0 unspecified atom stereocenters. The van der Waals surface area contributed by atoms with E-state index in [9.17, 15) is 4.79 Å². The molecule has 0 atom stereocenters. The summed E-state index contributed by atoms with van der Waals surface area (Å²) in [6.45, 7) is 0.616. The summed E-state index contributed by atoms with van der Waals surface area (Å²) in [6, 6.07) is 1.83. The van der Waals surface area contributed by atoms with E-state index in [1.54, 1.807) is 0 Å². The highest BCUT2D eigenvalue weighted by Crippen LogP contribution is 2.12. The van der Waals surface area contributed by atoms with Gasteiger partial charge in [-0.05, 0) is 17.9 Å². The third kappa shape index (κ3) is 1.56. The molecule has 0 saturated heterocycles. The van der Waals surface area contributed by atoms with Gasteiger partial charge in [-0.2, -0.15) is 0 Å². The molecule has 0 aliphatic heterocycles. The van der Waals surface area contributed by atoms with Gasteiger partial charge in [-0.3, -0.25) is 9.36 Å². The molecular weight excluding hydrogens is 200 g/mol. The Bertz CT molecular complexity index is 489. The maximum Gasteiger partial charge on any atom is 0.271 e. The number of thiophene rings is 1. The molecule has 0 amide bonds. The van der Waals surface area contributed by atoms with Gasteiger partial charge in [-0.15, -0.1) is 11.3 Å². The highest BCUT2D eigenvalue weighted by molar-refractivity contribution is 7.17. The predicted molar refractivity (Wildman–Crippen MR) is 55.6 cm³/mol. The van der Waals surface area contributed by atoms with E-state index in [2.05, 4.69) is 4.98 Å². The number of hydrogen-bond donors (Lipinski definition) is 1. The quantitative estimate of drug-likeness (QED) is 0.816. The first-order valence-corrected chi connectivity index (χ1v) is 5.24. The van der Waals surface area contributed by atoms with Crippen LogP contribution in [0.5, 0.6) is 0 Å². The van der Waals surface area contributed by atoms with Gasteiger partial charge in [-0.25, -0.2) is 4.98 Å². The lowest BCUT2D eigenvalue weighted by molar-refractivity contribution is 0.279. The molecule has 0 fully saturated rings. The topological polar surface area (TPSA) is 55.1 Å². The number of aryl methyl sites for hydroxylation is 1. The third-order valence-electron chi connectivity index (χ3n) is 1.99. The molecule has 0 radical (unpaired) electrons. The van der Waals surface area contributed by atoms with Crippen LogP contribution in [0.1, 0.15) is 6.42 Å². The summed E-state index contributed by atoms with van der Waals surface area (Å²) in [5.41, 5.74) is 0.735. The molecule has 0 aliphatic rings. The molecule has 0 spiro atoms. The highest BCUT2D eigenvalue weighted by atomic mass is 32.1. The number of aliphatic hydroxyl groups is 1. The number of aliphatic hydroxyl groups excluding tert-OH is 1. The Kier molecular flexibility index (Phi) is 2.60. The zero-order chi connectivity index (χ0) is 9.97. The zero-order valence-electron chi connectivity index (χ0n) is 7.51. The van der Waals surface area contributed by atoms with Gasteiger partial charge < -0.3 is 5.11 Å². The average molecular weight is 210 g/mol. The minimum atomic E-state index is -0.0153. The standard InChI is InChI=1S/C9H10N2O2S/c12-4-1-3-11-6-10-7-2-5-14-8(7)9(11)13/h2,5-6,12H,1,3-4H2. The van der Waals surface area contributed by atoms with Crippen LogP contribution in [-0.4, -0.2) is 21.3 Å². The van der Waals surface area contributed by atoms with Crippen LogP contribution >= 0.6 is 11.3 Å². The van der Waals surface area contributed by atoms with Crippen molar-refractivity contribution in [1.82, 2.24) is 9.55 Å². The lowest BCUT2D eigenvalue weighted by atomic mass is 10.4. The second-order valence-corrected chi connectivity index (χ2v) is 3.87. The van der Waals surface area contributed by atoms with Crippen LogP contribution in [-0.2, 0) is 6.54 Å². The molecule has 2 heterocycles. The van der Waals surface area contributed by atoms with Crippen molar-refractivity contribution < 1.29 is 5.11 Å². The Hall–Kier alpha value is -1.20. The lowest BCUT2D eigenvalue weighted by Crippen LogP contribution is -2.20. The summed E-state index contributed by atoms with van der Waals surface area (Å²) >= 11 is 1.40. The molecule has 1 N–H and O–H groups in total. The summed E-state index contributed by atoms with van der Waals surface area (Å²) in [6.07, 6.45) is 2.12. The molecule has 5 heteroatoms. The molecule has 0 aliphatic carbocycles. The first kappa shape index (κ1) is 9.36. The van der Waals surface area contributed by atoms with E-state index in [4.69, 9.17) is 5.11 Å². The van der Waals surface area contributed by atoms with Gasteiger partial charge in [-0.1, -0.05) is 0 Å². The van der Waals surface area contributed by atoms with Gasteiger partial charge >= 0.3 is 0 Å². The minimum Gasteiger partial charge on any atom is -0.396 e. The first-order valence-electron chi connectivity index (χ1n) is 4.36. The predicted octanol–water partition coefficient (Wildman–Crippen LogP) is 0.840. The van der Waals surface area contributed by atoms with Crippen LogP contribution in [0.25, 0.3) is 10.2 Å². The highest BCUT2D eigenvalue weighted by Gasteiger charge is 2.03. The van der Waals surface area contributed by atoms with Gasteiger partial charge in [0.25, 0.3) is 5.56 Å². The van der Waals surface area contributed by atoms with Crippen molar-refractivity contribution >= 4 is 21.6 Å². The molecule has 4 nitrogen and oxygen atoms in total. The maximum atomic E-state index is 11.7. The van der Waals surface area contributed by atoms with Crippen LogP contribution in [0.3, 0.4) is 0 Å². The lowest BCUT2D eigenvalue weighted by Gasteiger charge is -2.02. The third-order valence-corrected chi connectivity index (χ3v) is 2.88. The summed E-state index contributed by atoms with van der Waals surface area (Å²) in [5, 5.41) is 10.5. The minimum absolute atomic E-state index is 0.0153. The molecule has 0 aromatic carbocycles. The fraction of sp³-hybridized carbons (Fsp3) is 0.333. The molecule has 14 heavy (non-hydrogen) atoms. The average Bonchev–Trinajstić information content (AvgIpc) is 2.66. The molecule has 74 valence electrons. The van der Waals surface area contributed by atoms with Gasteiger partial charge in [0, 0.05) is 13.2 Å². The van der Waals surface area contributed by atoms with E-state index in [1.807, 2.05) is 11.4 Å². The van der Waals surface area contributed by atoms with Gasteiger partial charge in [0.2, 0.25) is 0 Å². The van der Waals surface area contributed by atoms with Crippen LogP contribution in [0.15, 0.2) is 22.6 Å². The number of hydrogen-bond acceptors (Lipinski definition) is 4. The molecule has 2 aromatic heterocycles. The van der Waals surface area contributed by atoms with E-state index in [0.717, 1.165) is 5.52 Å². The Morgan fingerprint density at radius 2 is 2.43 bits per heavy atom. The normalized spacial score (nSPS) is 10.9.